The lowest BCUT2D eigenvalue weighted by Gasteiger charge is -2.15. The van der Waals surface area contributed by atoms with Gasteiger partial charge >= 0.3 is 0 Å². The smallest absolute Gasteiger partial charge is 0.221 e. The van der Waals surface area contributed by atoms with E-state index in [0.29, 0.717) is 19.8 Å². The van der Waals surface area contributed by atoms with Gasteiger partial charge in [0.05, 0.1) is 19.8 Å². The Hall–Kier alpha value is -1.43. The van der Waals surface area contributed by atoms with Crippen LogP contribution in [0.2, 0.25) is 0 Å². The Kier molecular flexibility index (Phi) is 7.10. The summed E-state index contributed by atoms with van der Waals surface area (Å²) in [5.41, 5.74) is 1.91. The number of aliphatic hydroxyl groups excluding tert-OH is 1. The van der Waals surface area contributed by atoms with E-state index in [4.69, 9.17) is 9.84 Å². The zero-order chi connectivity index (χ0) is 14.1. The first-order valence-corrected chi connectivity index (χ1v) is 6.43. The Morgan fingerprint density at radius 3 is 2.89 bits per heavy atom. The van der Waals surface area contributed by atoms with Gasteiger partial charge in [0.15, 0.2) is 0 Å². The lowest BCUT2D eigenvalue weighted by Crippen LogP contribution is -2.23. The molecule has 0 spiro atoms. The summed E-state index contributed by atoms with van der Waals surface area (Å²) in [7, 11) is 0. The lowest BCUT2D eigenvalue weighted by atomic mass is 10.1. The molecule has 0 fully saturated rings. The van der Waals surface area contributed by atoms with Crippen molar-refractivity contribution in [2.75, 3.05) is 31.7 Å². The molecule has 0 aliphatic heterocycles. The molecule has 0 radical (unpaired) electrons. The summed E-state index contributed by atoms with van der Waals surface area (Å²) in [5.74, 6) is -0.0739. The number of nitrogens with one attached hydrogen (secondary N) is 2. The van der Waals surface area contributed by atoms with Gasteiger partial charge in [-0.3, -0.25) is 4.79 Å². The van der Waals surface area contributed by atoms with Gasteiger partial charge in [-0.1, -0.05) is 12.1 Å². The molecular weight excluding hydrogens is 244 g/mol. The third-order valence-corrected chi connectivity index (χ3v) is 2.64. The van der Waals surface area contributed by atoms with Crippen molar-refractivity contribution < 1.29 is 14.6 Å². The second-order valence-corrected chi connectivity index (χ2v) is 4.32. The van der Waals surface area contributed by atoms with Crippen LogP contribution in [-0.2, 0) is 9.53 Å². The number of carbonyl (C=O) groups excluding carboxylic acids is 1. The summed E-state index contributed by atoms with van der Waals surface area (Å²) < 4.78 is 5.18. The Morgan fingerprint density at radius 2 is 2.21 bits per heavy atom. The molecule has 0 bridgehead atoms. The topological polar surface area (TPSA) is 70.6 Å². The molecule has 1 atom stereocenters. The zero-order valence-corrected chi connectivity index (χ0v) is 11.5. The fraction of sp³-hybridized carbons (Fsp3) is 0.500. The molecule has 1 aromatic carbocycles. The van der Waals surface area contributed by atoms with Crippen molar-refractivity contribution in [3.05, 3.63) is 29.8 Å². The van der Waals surface area contributed by atoms with Crippen molar-refractivity contribution >= 4 is 11.6 Å². The molecule has 5 heteroatoms. The van der Waals surface area contributed by atoms with Crippen LogP contribution >= 0.6 is 0 Å². The third-order valence-electron chi connectivity index (χ3n) is 2.64. The van der Waals surface area contributed by atoms with Crippen LogP contribution in [0.15, 0.2) is 24.3 Å². The average molecular weight is 266 g/mol. The molecule has 1 unspecified atom stereocenters. The normalized spacial score (nSPS) is 12.2. The van der Waals surface area contributed by atoms with Gasteiger partial charge in [0.25, 0.3) is 0 Å². The van der Waals surface area contributed by atoms with E-state index in [1.807, 2.05) is 24.3 Å². The van der Waals surface area contributed by atoms with E-state index in [2.05, 4.69) is 17.6 Å². The molecule has 5 nitrogen and oxygen atoms in total. The predicted octanol–water partition coefficient (Wildman–Crippen LogP) is 1.30. The van der Waals surface area contributed by atoms with Crippen LogP contribution in [0.1, 0.15) is 25.5 Å². The van der Waals surface area contributed by atoms with Crippen LogP contribution in [0, 0.1) is 0 Å². The van der Waals surface area contributed by atoms with Gasteiger partial charge in [-0.2, -0.15) is 0 Å². The highest BCUT2D eigenvalue weighted by molar-refractivity contribution is 5.88. The summed E-state index contributed by atoms with van der Waals surface area (Å²) in [6, 6.07) is 7.92. The zero-order valence-electron chi connectivity index (χ0n) is 11.5. The number of aliphatic hydroxyl groups is 1. The molecule has 0 aliphatic rings. The van der Waals surface area contributed by atoms with Crippen LogP contribution in [0.4, 0.5) is 5.69 Å². The average Bonchev–Trinajstić information content (AvgIpc) is 2.38. The summed E-state index contributed by atoms with van der Waals surface area (Å²) in [6.45, 7) is 5.25. The first-order valence-electron chi connectivity index (χ1n) is 6.43. The summed E-state index contributed by atoms with van der Waals surface area (Å²) in [5, 5.41) is 14.7. The fourth-order valence-corrected chi connectivity index (χ4v) is 1.72. The molecule has 0 aliphatic carbocycles. The number of rotatable bonds is 8. The van der Waals surface area contributed by atoms with E-state index in [1.165, 1.54) is 6.92 Å². The number of hydrogen-bond donors (Lipinski definition) is 3. The second kappa shape index (κ2) is 8.63. The van der Waals surface area contributed by atoms with Crippen LogP contribution in [-0.4, -0.2) is 37.4 Å². The van der Waals surface area contributed by atoms with Crippen LogP contribution in [0.3, 0.4) is 0 Å². The Bertz CT molecular complexity index is 396. The van der Waals surface area contributed by atoms with Gasteiger partial charge in [0.2, 0.25) is 5.91 Å². The number of carbonyl (C=O) groups is 1. The molecule has 0 aromatic heterocycles. The maximum atomic E-state index is 11.0. The molecular formula is C14H22N2O3. The Labute approximate surface area is 114 Å². The Morgan fingerprint density at radius 1 is 1.42 bits per heavy atom. The van der Waals surface area contributed by atoms with Crippen molar-refractivity contribution in [1.82, 2.24) is 5.32 Å². The van der Waals surface area contributed by atoms with Crippen molar-refractivity contribution in [2.45, 2.75) is 19.9 Å². The van der Waals surface area contributed by atoms with Crippen LogP contribution < -0.4 is 10.6 Å². The third kappa shape index (κ3) is 6.33. The highest BCUT2D eigenvalue weighted by Crippen LogP contribution is 2.17. The Balaban J connectivity index is 2.43. The van der Waals surface area contributed by atoms with Crippen molar-refractivity contribution in [1.29, 1.82) is 0 Å². The first-order chi connectivity index (χ1) is 9.13. The van der Waals surface area contributed by atoms with Crippen molar-refractivity contribution in [3.8, 4) is 0 Å². The summed E-state index contributed by atoms with van der Waals surface area (Å²) in [4.78, 5) is 11.0. The quantitative estimate of drug-likeness (QED) is 0.620. The van der Waals surface area contributed by atoms with Gasteiger partial charge in [-0.15, -0.1) is 0 Å². The molecule has 106 valence electrons. The van der Waals surface area contributed by atoms with Crippen LogP contribution in [0.25, 0.3) is 0 Å². The van der Waals surface area contributed by atoms with Gasteiger partial charge in [0, 0.05) is 25.2 Å². The van der Waals surface area contributed by atoms with Gasteiger partial charge in [0.1, 0.15) is 0 Å². The minimum atomic E-state index is -0.0739. The van der Waals surface area contributed by atoms with Gasteiger partial charge in [-0.25, -0.2) is 0 Å². The summed E-state index contributed by atoms with van der Waals surface area (Å²) in [6.07, 6.45) is 0. The number of amides is 1. The number of ether oxygens (including phenoxy) is 1. The molecule has 19 heavy (non-hydrogen) atoms. The minimum Gasteiger partial charge on any atom is -0.394 e. The number of anilines is 1. The number of hydrogen-bond acceptors (Lipinski definition) is 4. The van der Waals surface area contributed by atoms with E-state index in [0.717, 1.165) is 11.3 Å². The van der Waals surface area contributed by atoms with E-state index >= 15 is 0 Å². The lowest BCUT2D eigenvalue weighted by molar-refractivity contribution is -0.114. The van der Waals surface area contributed by atoms with Gasteiger partial charge in [-0.05, 0) is 24.6 Å². The second-order valence-electron chi connectivity index (χ2n) is 4.32. The largest absolute Gasteiger partial charge is 0.394 e. The van der Waals surface area contributed by atoms with Crippen molar-refractivity contribution in [3.63, 3.8) is 0 Å². The highest BCUT2D eigenvalue weighted by atomic mass is 16.5. The van der Waals surface area contributed by atoms with E-state index in [9.17, 15) is 4.79 Å². The first kappa shape index (κ1) is 15.6. The maximum Gasteiger partial charge on any atom is 0.221 e. The van der Waals surface area contributed by atoms with Crippen molar-refractivity contribution in [2.24, 2.45) is 0 Å². The standard InChI is InChI=1S/C14H22N2O3/c1-11(15-6-8-19-9-7-17)13-4-3-5-14(10-13)16-12(2)18/h3-5,10-11,15,17H,6-9H2,1-2H3,(H,16,18). The van der Waals surface area contributed by atoms with E-state index < -0.39 is 0 Å². The molecule has 3 N–H and O–H groups in total. The van der Waals surface area contributed by atoms with Gasteiger partial charge < -0.3 is 20.5 Å². The molecule has 0 saturated carbocycles. The molecule has 1 aromatic rings. The number of benzene rings is 1. The van der Waals surface area contributed by atoms with Crippen LogP contribution in [0.5, 0.6) is 0 Å². The molecule has 1 amide bonds. The van der Waals surface area contributed by atoms with E-state index in [-0.39, 0.29) is 18.6 Å². The molecule has 0 heterocycles. The SMILES string of the molecule is CC(=O)Nc1cccc(C(C)NCCOCCO)c1. The predicted molar refractivity (Wildman–Crippen MR) is 75.1 cm³/mol. The monoisotopic (exact) mass is 266 g/mol. The van der Waals surface area contributed by atoms with E-state index in [1.54, 1.807) is 0 Å². The molecule has 0 saturated heterocycles. The molecule has 1 rings (SSSR count). The minimum absolute atomic E-state index is 0.0499. The fourth-order valence-electron chi connectivity index (χ4n) is 1.72. The summed E-state index contributed by atoms with van der Waals surface area (Å²) >= 11 is 0. The maximum absolute atomic E-state index is 11.0. The highest BCUT2D eigenvalue weighted by Gasteiger charge is 2.05.